The highest BCUT2D eigenvalue weighted by Gasteiger charge is 2.31. The molecule has 0 N–H and O–H groups in total. The minimum Gasteiger partial charge on any atom is -0.490 e. The third kappa shape index (κ3) is 7.36. The highest BCUT2D eigenvalue weighted by Crippen LogP contribution is 2.29. The number of halogens is 3. The number of rotatable bonds is 10. The fourth-order valence-corrected chi connectivity index (χ4v) is 5.21. The average Bonchev–Trinajstić information content (AvgIpc) is 3.37. The second kappa shape index (κ2) is 12.1. The predicted octanol–water partition coefficient (Wildman–Crippen LogP) is 6.16. The smallest absolute Gasteiger partial charge is 0.490 e. The van der Waals surface area contributed by atoms with Crippen LogP contribution in [0.3, 0.4) is 0 Å². The Bertz CT molecular complexity index is 1270. The molecule has 40 heavy (non-hydrogen) atoms. The summed E-state index contributed by atoms with van der Waals surface area (Å²) in [4.78, 5) is 16.7. The van der Waals surface area contributed by atoms with Gasteiger partial charge in [-0.2, -0.15) is 0 Å². The fraction of sp³-hybridized carbons (Fsp3) is 0.464. The quantitative estimate of drug-likeness (QED) is 0.217. The molecule has 2 aliphatic rings. The number of imidazole rings is 1. The van der Waals surface area contributed by atoms with E-state index in [2.05, 4.69) is 26.8 Å². The molecule has 1 fully saturated rings. The van der Waals surface area contributed by atoms with Gasteiger partial charge in [0.25, 0.3) is 0 Å². The van der Waals surface area contributed by atoms with Crippen LogP contribution in [0, 0.1) is 16.0 Å². The van der Waals surface area contributed by atoms with Crippen LogP contribution in [0.1, 0.15) is 37.7 Å². The number of fused-ring (bicyclic) bond motifs is 1. The van der Waals surface area contributed by atoms with E-state index in [1.54, 1.807) is 16.7 Å². The van der Waals surface area contributed by atoms with Crippen LogP contribution in [0.2, 0.25) is 0 Å². The largest absolute Gasteiger partial charge is 0.573 e. The van der Waals surface area contributed by atoms with Gasteiger partial charge in [0, 0.05) is 36.7 Å². The van der Waals surface area contributed by atoms with Crippen LogP contribution >= 0.6 is 0 Å². The summed E-state index contributed by atoms with van der Waals surface area (Å²) in [5.41, 5.74) is 2.16. The van der Waals surface area contributed by atoms with Crippen molar-refractivity contribution in [1.29, 1.82) is 0 Å². The lowest BCUT2D eigenvalue weighted by Crippen LogP contribution is -2.33. The van der Waals surface area contributed by atoms with Crippen LogP contribution in [0.15, 0.2) is 54.7 Å². The first kappa shape index (κ1) is 27.6. The first-order chi connectivity index (χ1) is 19.2. The van der Waals surface area contributed by atoms with Gasteiger partial charge >= 0.3 is 18.2 Å². The van der Waals surface area contributed by atoms with Gasteiger partial charge in [-0.15, -0.1) is 13.2 Å². The van der Waals surface area contributed by atoms with Gasteiger partial charge in [0.1, 0.15) is 30.4 Å². The molecule has 3 aromatic rings. The molecule has 0 saturated carbocycles. The maximum absolute atomic E-state index is 12.3. The second-order valence-corrected chi connectivity index (χ2v) is 10.2. The molecule has 0 spiro atoms. The highest BCUT2D eigenvalue weighted by atomic mass is 19.4. The van der Waals surface area contributed by atoms with Crippen molar-refractivity contribution >= 4 is 11.5 Å². The van der Waals surface area contributed by atoms with Gasteiger partial charge in [-0.25, -0.2) is 0 Å². The summed E-state index contributed by atoms with van der Waals surface area (Å²) in [7, 11) is 0. The molecule has 2 aromatic carbocycles. The molecular formula is C28H31F3N4O5. The summed E-state index contributed by atoms with van der Waals surface area (Å²) < 4.78 is 54.2. The van der Waals surface area contributed by atoms with E-state index >= 15 is 0 Å². The highest BCUT2D eigenvalue weighted by molar-refractivity contribution is 5.49. The molecule has 5 rings (SSSR count). The monoisotopic (exact) mass is 560 g/mol. The first-order valence-electron chi connectivity index (χ1n) is 13.4. The molecule has 1 saturated heterocycles. The number of alkyl halides is 3. The molecule has 0 aliphatic carbocycles. The molecule has 9 nitrogen and oxygen atoms in total. The van der Waals surface area contributed by atoms with Crippen LogP contribution < -0.4 is 19.1 Å². The van der Waals surface area contributed by atoms with Crippen molar-refractivity contribution in [3.63, 3.8) is 0 Å². The lowest BCUT2D eigenvalue weighted by atomic mass is 9.90. The van der Waals surface area contributed by atoms with Crippen molar-refractivity contribution < 1.29 is 32.3 Å². The standard InChI is InChI=1S/C28H31F3N4O5/c29-28(30,31)40-24-8-4-20(5-9-24)2-1-3-21-12-15-33(16-13-21)22-6-10-23(11-7-22)38-19-25-14-17-34-18-26(35(36)37)32-27(34)39-25/h4-11,18,21,25H,1-3,12-17,19H2/t25-/m1/s1. The summed E-state index contributed by atoms with van der Waals surface area (Å²) in [5.74, 6) is 0.966. The van der Waals surface area contributed by atoms with Gasteiger partial charge in [-0.3, -0.25) is 4.57 Å². The maximum atomic E-state index is 12.3. The van der Waals surface area contributed by atoms with Gasteiger partial charge in [0.2, 0.25) is 0 Å². The van der Waals surface area contributed by atoms with E-state index in [1.807, 2.05) is 12.1 Å². The van der Waals surface area contributed by atoms with Crippen molar-refractivity contribution in [2.75, 3.05) is 24.6 Å². The van der Waals surface area contributed by atoms with Crippen molar-refractivity contribution in [2.24, 2.45) is 5.92 Å². The molecule has 0 radical (unpaired) electrons. The zero-order valence-electron chi connectivity index (χ0n) is 21.9. The van der Waals surface area contributed by atoms with Crippen LogP contribution in [-0.2, 0) is 13.0 Å². The summed E-state index contributed by atoms with van der Waals surface area (Å²) in [6.45, 7) is 2.87. The number of hydrogen-bond donors (Lipinski definition) is 0. The third-order valence-electron chi connectivity index (χ3n) is 7.37. The van der Waals surface area contributed by atoms with E-state index in [0.29, 0.717) is 25.5 Å². The fourth-order valence-electron chi connectivity index (χ4n) is 5.21. The minimum atomic E-state index is -4.67. The number of benzene rings is 2. The Hall–Kier alpha value is -3.96. The van der Waals surface area contributed by atoms with E-state index in [9.17, 15) is 23.3 Å². The SMILES string of the molecule is O=[N+]([O-])c1cn2c(n1)O[C@@H](COc1ccc(N3CCC(CCCc4ccc(OC(F)(F)F)cc4)CC3)cc1)CC2. The molecule has 3 heterocycles. The number of aryl methyl sites for hydroxylation is 2. The van der Waals surface area contributed by atoms with Crippen molar-refractivity contribution in [2.45, 2.75) is 57.5 Å². The van der Waals surface area contributed by atoms with Crippen LogP contribution in [0.4, 0.5) is 24.7 Å². The van der Waals surface area contributed by atoms with Gasteiger partial charge in [-0.1, -0.05) is 12.1 Å². The maximum Gasteiger partial charge on any atom is 0.573 e. The molecule has 0 amide bonds. The van der Waals surface area contributed by atoms with Crippen LogP contribution in [0.25, 0.3) is 0 Å². The summed E-state index contributed by atoms with van der Waals surface area (Å²) >= 11 is 0. The third-order valence-corrected chi connectivity index (χ3v) is 7.37. The summed E-state index contributed by atoms with van der Waals surface area (Å²) in [5, 5.41) is 10.9. The van der Waals surface area contributed by atoms with Crippen molar-refractivity contribution in [3.8, 4) is 17.5 Å². The lowest BCUT2D eigenvalue weighted by Gasteiger charge is -2.33. The molecule has 0 bridgehead atoms. The molecule has 1 aromatic heterocycles. The van der Waals surface area contributed by atoms with E-state index < -0.39 is 11.3 Å². The van der Waals surface area contributed by atoms with E-state index in [4.69, 9.17) is 9.47 Å². The van der Waals surface area contributed by atoms with Crippen molar-refractivity contribution in [3.05, 3.63) is 70.4 Å². The van der Waals surface area contributed by atoms with Gasteiger partial charge in [0.15, 0.2) is 0 Å². The predicted molar refractivity (Wildman–Crippen MR) is 141 cm³/mol. The van der Waals surface area contributed by atoms with E-state index in [0.717, 1.165) is 62.2 Å². The number of anilines is 1. The topological polar surface area (TPSA) is 91.9 Å². The number of ether oxygens (including phenoxy) is 3. The zero-order chi connectivity index (χ0) is 28.1. The Morgan fingerprint density at radius 1 is 1.00 bits per heavy atom. The molecule has 12 heteroatoms. The Labute approximate surface area is 229 Å². The first-order valence-corrected chi connectivity index (χ1v) is 13.4. The van der Waals surface area contributed by atoms with Crippen LogP contribution in [0.5, 0.6) is 17.5 Å². The van der Waals surface area contributed by atoms with Crippen molar-refractivity contribution in [1.82, 2.24) is 9.55 Å². The average molecular weight is 561 g/mol. The van der Waals surface area contributed by atoms with Gasteiger partial charge < -0.3 is 29.2 Å². The zero-order valence-corrected chi connectivity index (χ0v) is 21.9. The number of piperidine rings is 1. The Kier molecular flexibility index (Phi) is 8.32. The molecule has 0 unspecified atom stereocenters. The molecule has 1 atom stereocenters. The summed E-state index contributed by atoms with van der Waals surface area (Å²) in [6.07, 6.45) is 2.30. The van der Waals surface area contributed by atoms with Crippen LogP contribution in [-0.4, -0.2) is 46.6 Å². The van der Waals surface area contributed by atoms with Gasteiger partial charge in [0.05, 0.1) is 0 Å². The number of nitro groups is 1. The number of aromatic nitrogens is 2. The number of hydrogen-bond acceptors (Lipinski definition) is 7. The second-order valence-electron chi connectivity index (χ2n) is 10.2. The summed E-state index contributed by atoms with van der Waals surface area (Å²) in [6, 6.07) is 14.4. The molecule has 214 valence electrons. The normalized spacial score (nSPS) is 17.7. The molecule has 2 aliphatic heterocycles. The van der Waals surface area contributed by atoms with E-state index in [1.165, 1.54) is 18.3 Å². The lowest BCUT2D eigenvalue weighted by molar-refractivity contribution is -0.389. The molecular weight excluding hydrogens is 529 g/mol. The Morgan fingerprint density at radius 3 is 2.38 bits per heavy atom. The van der Waals surface area contributed by atoms with E-state index in [-0.39, 0.29) is 23.7 Å². The minimum absolute atomic E-state index is 0.190. The Morgan fingerprint density at radius 2 is 1.70 bits per heavy atom. The number of nitrogens with zero attached hydrogens (tertiary/aromatic N) is 4. The Balaban J connectivity index is 1.01. The van der Waals surface area contributed by atoms with Gasteiger partial charge in [-0.05, 0) is 84.9 Å².